The van der Waals surface area contributed by atoms with Crippen molar-refractivity contribution in [3.63, 3.8) is 0 Å². The van der Waals surface area contributed by atoms with Gasteiger partial charge in [0.25, 0.3) is 5.91 Å². The van der Waals surface area contributed by atoms with Gasteiger partial charge in [0.15, 0.2) is 5.75 Å². The van der Waals surface area contributed by atoms with E-state index in [0.29, 0.717) is 6.54 Å². The van der Waals surface area contributed by atoms with Crippen molar-refractivity contribution in [2.45, 2.75) is 64.1 Å². The number of nitrogens with zero attached hydrogens (tertiary/aromatic N) is 2. The number of carbonyl (C=O) groups is 2. The molecule has 1 aliphatic carbocycles. The third-order valence-electron chi connectivity index (χ3n) is 6.72. The highest BCUT2D eigenvalue weighted by Gasteiger charge is 2.35. The molecule has 0 radical (unpaired) electrons. The quantitative estimate of drug-likeness (QED) is 0.516. The Kier molecular flexibility index (Phi) is 8.87. The van der Waals surface area contributed by atoms with Crippen molar-refractivity contribution in [1.82, 2.24) is 15.1 Å². The van der Waals surface area contributed by atoms with Gasteiger partial charge in [-0.1, -0.05) is 32.3 Å². The van der Waals surface area contributed by atoms with Gasteiger partial charge >= 0.3 is 6.03 Å². The van der Waals surface area contributed by atoms with Gasteiger partial charge in [-0.05, 0) is 31.9 Å². The van der Waals surface area contributed by atoms with E-state index in [-0.39, 0.29) is 54.1 Å². The zero-order valence-corrected chi connectivity index (χ0v) is 21.8. The SMILES string of the molecule is C[C@@H]1CN([C@H](C)CO)C(=O)c2cccc(NS(C)(=O)=O)c2O[C@H]1CN(C)C(=O)NC1CCCCC1. The molecule has 0 saturated heterocycles. The molecule has 2 aliphatic rings. The second-order valence-corrected chi connectivity index (χ2v) is 11.6. The maximum Gasteiger partial charge on any atom is 0.317 e. The number of nitrogens with one attached hydrogen (secondary N) is 2. The molecule has 1 aromatic rings. The fourth-order valence-corrected chi connectivity index (χ4v) is 5.19. The van der Waals surface area contributed by atoms with Crippen LogP contribution in [-0.2, 0) is 10.0 Å². The predicted octanol–water partition coefficient (Wildman–Crippen LogP) is 2.25. The van der Waals surface area contributed by atoms with E-state index in [1.165, 1.54) is 12.5 Å². The lowest BCUT2D eigenvalue weighted by atomic mass is 9.96. The Hall–Kier alpha value is -2.53. The predicted molar refractivity (Wildman–Crippen MR) is 134 cm³/mol. The van der Waals surface area contributed by atoms with Gasteiger partial charge in [-0.15, -0.1) is 0 Å². The van der Waals surface area contributed by atoms with E-state index in [4.69, 9.17) is 4.74 Å². The summed E-state index contributed by atoms with van der Waals surface area (Å²) in [4.78, 5) is 29.4. The first-order valence-electron chi connectivity index (χ1n) is 12.2. The molecule has 1 aliphatic heterocycles. The molecular formula is C24H38N4O6S. The maximum absolute atomic E-state index is 13.4. The third-order valence-corrected chi connectivity index (χ3v) is 7.31. The summed E-state index contributed by atoms with van der Waals surface area (Å²) in [6.07, 6.45) is 5.86. The van der Waals surface area contributed by atoms with E-state index < -0.39 is 22.2 Å². The van der Waals surface area contributed by atoms with Gasteiger partial charge in [0.05, 0.1) is 36.7 Å². The van der Waals surface area contributed by atoms with Gasteiger partial charge in [0.2, 0.25) is 10.0 Å². The summed E-state index contributed by atoms with van der Waals surface area (Å²) in [6, 6.07) is 4.23. The summed E-state index contributed by atoms with van der Waals surface area (Å²) in [5, 5.41) is 12.9. The number of para-hydroxylation sites is 1. The Labute approximate surface area is 208 Å². The first-order valence-corrected chi connectivity index (χ1v) is 14.1. The molecule has 1 heterocycles. The number of benzene rings is 1. The molecule has 196 valence electrons. The number of anilines is 1. The van der Waals surface area contributed by atoms with Crippen LogP contribution in [0.15, 0.2) is 18.2 Å². The van der Waals surface area contributed by atoms with E-state index in [1.807, 2.05) is 6.92 Å². The summed E-state index contributed by atoms with van der Waals surface area (Å²) < 4.78 is 32.7. The van der Waals surface area contributed by atoms with Gasteiger partial charge in [-0.3, -0.25) is 9.52 Å². The summed E-state index contributed by atoms with van der Waals surface area (Å²) in [7, 11) is -1.93. The number of sulfonamides is 1. The zero-order chi connectivity index (χ0) is 25.8. The van der Waals surface area contributed by atoms with Crippen LogP contribution in [0.25, 0.3) is 0 Å². The van der Waals surface area contributed by atoms with Crippen molar-refractivity contribution < 1.29 is 27.9 Å². The molecule has 11 heteroatoms. The lowest BCUT2D eigenvalue weighted by Gasteiger charge is -2.38. The second kappa shape index (κ2) is 11.5. The van der Waals surface area contributed by atoms with Crippen molar-refractivity contribution in [2.24, 2.45) is 5.92 Å². The van der Waals surface area contributed by atoms with Gasteiger partial charge in [-0.2, -0.15) is 0 Å². The van der Waals surface area contributed by atoms with Gasteiger partial charge in [0.1, 0.15) is 6.10 Å². The minimum absolute atomic E-state index is 0.121. The molecule has 3 atom stereocenters. The molecule has 1 saturated carbocycles. The van der Waals surface area contributed by atoms with Crippen LogP contribution in [0.2, 0.25) is 0 Å². The molecule has 3 rings (SSSR count). The summed E-state index contributed by atoms with van der Waals surface area (Å²) in [5.74, 6) is -0.444. The third kappa shape index (κ3) is 7.00. The van der Waals surface area contributed by atoms with Crippen LogP contribution >= 0.6 is 0 Å². The Bertz CT molecular complexity index is 1010. The zero-order valence-electron chi connectivity index (χ0n) is 21.0. The number of hydrogen-bond donors (Lipinski definition) is 3. The summed E-state index contributed by atoms with van der Waals surface area (Å²) in [5.41, 5.74) is 0.355. The molecule has 0 spiro atoms. The standard InChI is InChI=1S/C24H38N4O6S/c1-16-13-28(17(2)15-29)23(30)19-11-8-12-20(26-35(4,32)33)22(19)34-21(16)14-27(3)24(31)25-18-9-6-5-7-10-18/h8,11-12,16-18,21,26,29H,5-7,9-10,13-15H2,1-4H3,(H,25,31)/t16-,17-,21+/m1/s1. The first kappa shape index (κ1) is 27.1. The van der Waals surface area contributed by atoms with Crippen molar-refractivity contribution in [1.29, 1.82) is 0 Å². The molecule has 3 amide bonds. The van der Waals surface area contributed by atoms with E-state index in [1.54, 1.807) is 35.9 Å². The lowest BCUT2D eigenvalue weighted by molar-refractivity contribution is 0.0368. The first-order chi connectivity index (χ1) is 16.5. The number of ether oxygens (including phenoxy) is 1. The number of amides is 3. The van der Waals surface area contributed by atoms with Crippen LogP contribution < -0.4 is 14.8 Å². The number of aliphatic hydroxyl groups excluding tert-OH is 1. The molecule has 0 bridgehead atoms. The Morgan fingerprint density at radius 1 is 1.29 bits per heavy atom. The highest BCUT2D eigenvalue weighted by atomic mass is 32.2. The normalized spacial score (nSPS) is 22.3. The van der Waals surface area contributed by atoms with Crippen LogP contribution in [-0.4, -0.2) is 86.4 Å². The topological polar surface area (TPSA) is 128 Å². The van der Waals surface area contributed by atoms with Gasteiger partial charge in [0, 0.05) is 25.6 Å². The number of carbonyl (C=O) groups excluding carboxylic acids is 2. The molecule has 1 aromatic carbocycles. The molecule has 1 fully saturated rings. The van der Waals surface area contributed by atoms with E-state index in [9.17, 15) is 23.1 Å². The molecule has 0 unspecified atom stereocenters. The van der Waals surface area contributed by atoms with Crippen LogP contribution in [0.5, 0.6) is 5.75 Å². The maximum atomic E-state index is 13.4. The highest BCUT2D eigenvalue weighted by molar-refractivity contribution is 7.92. The largest absolute Gasteiger partial charge is 0.485 e. The fourth-order valence-electron chi connectivity index (χ4n) is 4.63. The van der Waals surface area contributed by atoms with Crippen molar-refractivity contribution in [3.8, 4) is 5.75 Å². The fraction of sp³-hybridized carbons (Fsp3) is 0.667. The van der Waals surface area contributed by atoms with Crippen LogP contribution in [0, 0.1) is 5.92 Å². The minimum Gasteiger partial charge on any atom is -0.485 e. The Balaban J connectivity index is 1.91. The highest BCUT2D eigenvalue weighted by Crippen LogP contribution is 2.35. The van der Waals surface area contributed by atoms with Crippen molar-refractivity contribution in [2.75, 3.05) is 37.7 Å². The summed E-state index contributed by atoms with van der Waals surface area (Å²) >= 11 is 0. The number of likely N-dealkylation sites (N-methyl/N-ethyl adjacent to an activating group) is 1. The molecule has 3 N–H and O–H groups in total. The van der Waals surface area contributed by atoms with Gasteiger partial charge in [-0.25, -0.2) is 13.2 Å². The molecule has 10 nitrogen and oxygen atoms in total. The van der Waals surface area contributed by atoms with Crippen molar-refractivity contribution in [3.05, 3.63) is 23.8 Å². The van der Waals surface area contributed by atoms with Crippen LogP contribution in [0.1, 0.15) is 56.3 Å². The van der Waals surface area contributed by atoms with Gasteiger partial charge < -0.3 is 25.0 Å². The smallest absolute Gasteiger partial charge is 0.317 e. The minimum atomic E-state index is -3.64. The molecule has 0 aromatic heterocycles. The molecular weight excluding hydrogens is 472 g/mol. The summed E-state index contributed by atoms with van der Waals surface area (Å²) in [6.45, 7) is 4.00. The Morgan fingerprint density at radius 3 is 2.60 bits per heavy atom. The lowest BCUT2D eigenvalue weighted by Crippen LogP contribution is -2.52. The number of urea groups is 1. The number of hydrogen-bond acceptors (Lipinski definition) is 6. The van der Waals surface area contributed by atoms with Crippen molar-refractivity contribution >= 4 is 27.6 Å². The van der Waals surface area contributed by atoms with E-state index in [2.05, 4.69) is 10.0 Å². The van der Waals surface area contributed by atoms with E-state index >= 15 is 0 Å². The van der Waals surface area contributed by atoms with Crippen LogP contribution in [0.4, 0.5) is 10.5 Å². The number of fused-ring (bicyclic) bond motifs is 1. The molecule has 35 heavy (non-hydrogen) atoms. The van der Waals surface area contributed by atoms with E-state index in [0.717, 1.165) is 31.9 Å². The average molecular weight is 511 g/mol. The Morgan fingerprint density at radius 2 is 1.97 bits per heavy atom. The second-order valence-electron chi connectivity index (χ2n) is 9.84. The van der Waals surface area contributed by atoms with Crippen LogP contribution in [0.3, 0.4) is 0 Å². The monoisotopic (exact) mass is 510 g/mol. The number of aliphatic hydroxyl groups is 1. The number of rotatable bonds is 7. The average Bonchev–Trinajstić information content (AvgIpc) is 2.80.